The summed E-state index contributed by atoms with van der Waals surface area (Å²) in [5.41, 5.74) is 24.9. The van der Waals surface area contributed by atoms with E-state index in [1.807, 2.05) is 0 Å². The molecule has 0 unspecified atom stereocenters. The van der Waals surface area contributed by atoms with Crippen molar-refractivity contribution in [3.8, 4) is 34.0 Å². The normalized spacial score (nSPS) is 16.4. The lowest BCUT2D eigenvalue weighted by Gasteiger charge is -2.35. The van der Waals surface area contributed by atoms with E-state index >= 15 is 0 Å². The van der Waals surface area contributed by atoms with Gasteiger partial charge in [0.15, 0.2) is 5.82 Å². The molecule has 2 aliphatic carbocycles. The average molecular weight is 1010 g/mol. The molecule has 0 amide bonds. The molecule has 10 aromatic rings. The van der Waals surface area contributed by atoms with Crippen LogP contribution in [0.15, 0.2) is 115 Å². The maximum Gasteiger partial charge on any atom is 0.252 e. The minimum atomic E-state index is -0.0999. The van der Waals surface area contributed by atoms with Gasteiger partial charge in [-0.2, -0.15) is 0 Å². The van der Waals surface area contributed by atoms with Crippen molar-refractivity contribution in [3.63, 3.8) is 0 Å². The predicted molar refractivity (Wildman–Crippen MR) is 330 cm³/mol. The van der Waals surface area contributed by atoms with Crippen molar-refractivity contribution in [1.82, 2.24) is 19.1 Å². The zero-order valence-corrected chi connectivity index (χ0v) is 48.1. The van der Waals surface area contributed by atoms with E-state index in [0.717, 1.165) is 33.5 Å². The molecule has 388 valence electrons. The highest BCUT2D eigenvalue weighted by Crippen LogP contribution is 2.51. The predicted octanol–water partition coefficient (Wildman–Crippen LogP) is 17.6. The molecule has 0 radical (unpaired) electrons. The summed E-state index contributed by atoms with van der Waals surface area (Å²) in [4.78, 5) is 11.0. The van der Waals surface area contributed by atoms with Gasteiger partial charge in [-0.05, 0) is 139 Å². The summed E-state index contributed by atoms with van der Waals surface area (Å²) in [5.74, 6) is 1.81. The minimum absolute atomic E-state index is 0.0239. The fraction of sp³-hybridized carbons (Fsp3) is 0.389. The molecule has 5 heterocycles. The standard InChI is InChI=1S/C72H77BN4/c1-69(2,3)46-38-51(71(7,8)9)62-56(40-46)76-58-36-45(65-50-30-22-23-31-55(50)74-68(75-65)44-28-20-15-21-29-44)37-59-64(58)73(53-34-32-48(60(62)66(53)76)42-24-16-13-17-25-42)54-35-33-49(43-26-18-14-19-27-43)61-63-52(72(10,11)12)39-47(70(4,5)6)41-57(63)77(59)67(54)61/h15,20-23,28-43H,13-14,16-19,24-27H2,1-12H3. The Morgan fingerprint density at radius 3 is 1.38 bits per heavy atom. The Bertz CT molecular complexity index is 3890. The van der Waals surface area contributed by atoms with Crippen LogP contribution in [0.4, 0.5) is 0 Å². The summed E-state index contributed by atoms with van der Waals surface area (Å²) in [6, 6.07) is 45.4. The van der Waals surface area contributed by atoms with E-state index in [-0.39, 0.29) is 28.4 Å². The largest absolute Gasteiger partial charge is 0.310 e. The Kier molecular flexibility index (Phi) is 10.8. The summed E-state index contributed by atoms with van der Waals surface area (Å²) in [6.45, 7) is 29.2. The molecule has 4 nitrogen and oxygen atoms in total. The lowest BCUT2D eigenvalue weighted by molar-refractivity contribution is 0.445. The quantitative estimate of drug-likeness (QED) is 0.165. The molecule has 0 spiro atoms. The topological polar surface area (TPSA) is 35.6 Å². The van der Waals surface area contributed by atoms with Gasteiger partial charge < -0.3 is 9.13 Å². The Balaban J connectivity index is 1.22. The van der Waals surface area contributed by atoms with Crippen LogP contribution in [-0.4, -0.2) is 25.8 Å². The molecule has 5 heteroatoms. The number of fused-ring (bicyclic) bond motifs is 11. The van der Waals surface area contributed by atoms with E-state index in [0.29, 0.717) is 11.8 Å². The summed E-state index contributed by atoms with van der Waals surface area (Å²) in [7, 11) is 0. The van der Waals surface area contributed by atoms with E-state index in [9.17, 15) is 0 Å². The third kappa shape index (κ3) is 7.44. The zero-order valence-electron chi connectivity index (χ0n) is 48.1. The second kappa shape index (κ2) is 17.0. The lowest BCUT2D eigenvalue weighted by atomic mass is 9.34. The number of rotatable bonds is 4. The summed E-state index contributed by atoms with van der Waals surface area (Å²) >= 11 is 0. The smallest absolute Gasteiger partial charge is 0.252 e. The molecule has 0 atom stereocenters. The Hall–Kier alpha value is -6.46. The van der Waals surface area contributed by atoms with Crippen LogP contribution >= 0.6 is 0 Å². The van der Waals surface area contributed by atoms with Crippen molar-refractivity contribution >= 4 is 77.6 Å². The fourth-order valence-electron chi connectivity index (χ4n) is 15.1. The van der Waals surface area contributed by atoms with Crippen LogP contribution in [0.1, 0.15) is 193 Å². The first-order valence-corrected chi connectivity index (χ1v) is 29.6. The van der Waals surface area contributed by atoms with Gasteiger partial charge in [-0.3, -0.25) is 0 Å². The van der Waals surface area contributed by atoms with Gasteiger partial charge in [-0.1, -0.05) is 207 Å². The molecule has 77 heavy (non-hydrogen) atoms. The molecule has 14 rings (SSSR count). The van der Waals surface area contributed by atoms with Gasteiger partial charge in [0.05, 0.1) is 22.2 Å². The van der Waals surface area contributed by atoms with Crippen molar-refractivity contribution in [2.24, 2.45) is 0 Å². The average Bonchev–Trinajstić information content (AvgIpc) is 3.96. The Labute approximate surface area is 457 Å². The highest BCUT2D eigenvalue weighted by atomic mass is 15.0. The second-order valence-electron chi connectivity index (χ2n) is 28.3. The zero-order chi connectivity index (χ0) is 53.2. The first kappa shape index (κ1) is 48.9. The molecule has 0 N–H and O–H groups in total. The van der Waals surface area contributed by atoms with Gasteiger partial charge in [-0.25, -0.2) is 9.97 Å². The lowest BCUT2D eigenvalue weighted by Crippen LogP contribution is -2.59. The van der Waals surface area contributed by atoms with Gasteiger partial charge >= 0.3 is 0 Å². The van der Waals surface area contributed by atoms with E-state index < -0.39 is 0 Å². The van der Waals surface area contributed by atoms with Crippen molar-refractivity contribution in [2.45, 2.75) is 181 Å². The number of benzene rings is 7. The number of aromatic nitrogens is 4. The Morgan fingerprint density at radius 1 is 0.442 bits per heavy atom. The third-order valence-electron chi connectivity index (χ3n) is 19.0. The third-order valence-corrected chi connectivity index (χ3v) is 19.0. The van der Waals surface area contributed by atoms with Crippen LogP contribution in [-0.2, 0) is 21.7 Å². The van der Waals surface area contributed by atoms with E-state index in [2.05, 4.69) is 207 Å². The molecule has 2 aliphatic heterocycles. The van der Waals surface area contributed by atoms with Gasteiger partial charge in [0, 0.05) is 60.5 Å². The molecule has 4 aliphatic rings. The fourth-order valence-corrected chi connectivity index (χ4v) is 15.1. The molecule has 3 aromatic heterocycles. The van der Waals surface area contributed by atoms with E-state index in [1.165, 1.54) is 158 Å². The first-order chi connectivity index (χ1) is 36.8. The van der Waals surface area contributed by atoms with Crippen LogP contribution in [0.5, 0.6) is 0 Å². The Morgan fingerprint density at radius 2 is 0.909 bits per heavy atom. The molecule has 0 bridgehead atoms. The molecule has 0 saturated heterocycles. The van der Waals surface area contributed by atoms with Crippen molar-refractivity contribution < 1.29 is 0 Å². The molecule has 7 aromatic carbocycles. The summed E-state index contributed by atoms with van der Waals surface area (Å²) < 4.78 is 5.59. The number of nitrogens with zero attached hydrogens (tertiary/aromatic N) is 4. The van der Waals surface area contributed by atoms with Crippen molar-refractivity contribution in [1.29, 1.82) is 0 Å². The first-order valence-electron chi connectivity index (χ1n) is 29.6. The van der Waals surface area contributed by atoms with Gasteiger partial charge in [0.1, 0.15) is 0 Å². The number of para-hydroxylation sites is 1. The maximum absolute atomic E-state index is 5.70. The van der Waals surface area contributed by atoms with Crippen molar-refractivity contribution in [2.75, 3.05) is 0 Å². The summed E-state index contributed by atoms with van der Waals surface area (Å²) in [6.07, 6.45) is 12.9. The highest BCUT2D eigenvalue weighted by molar-refractivity contribution is 7.00. The summed E-state index contributed by atoms with van der Waals surface area (Å²) in [5, 5.41) is 6.97. The van der Waals surface area contributed by atoms with Crippen LogP contribution in [0.25, 0.3) is 88.5 Å². The molecule has 2 saturated carbocycles. The highest BCUT2D eigenvalue weighted by Gasteiger charge is 2.44. The molecular weight excluding hydrogens is 932 g/mol. The SMILES string of the molecule is CC(C)(C)c1cc(C(C)(C)C)c2c3c(C4CCCCC4)ccc4c3n(c2c1)-c1cc(-c2nc(-c3ccccc3)nc3ccccc23)cc2c1B4c1ccc(C3CCCCC3)c3c4c(C(C)(C)C)cc(C(C)(C)C)cc4n-2c13. The second-order valence-corrected chi connectivity index (χ2v) is 28.3. The van der Waals surface area contributed by atoms with Crippen LogP contribution < -0.4 is 16.4 Å². The minimum Gasteiger partial charge on any atom is -0.310 e. The monoisotopic (exact) mass is 1010 g/mol. The van der Waals surface area contributed by atoms with Crippen LogP contribution in [0.3, 0.4) is 0 Å². The maximum atomic E-state index is 5.70. The van der Waals surface area contributed by atoms with Gasteiger partial charge in [0.25, 0.3) is 6.71 Å². The number of hydrogen-bond acceptors (Lipinski definition) is 2. The van der Waals surface area contributed by atoms with Crippen molar-refractivity contribution in [3.05, 3.63) is 149 Å². The molecule has 2 fully saturated rings. The van der Waals surface area contributed by atoms with E-state index in [4.69, 9.17) is 9.97 Å². The van der Waals surface area contributed by atoms with Crippen LogP contribution in [0, 0.1) is 0 Å². The number of hydrogen-bond donors (Lipinski definition) is 0. The van der Waals surface area contributed by atoms with Crippen LogP contribution in [0.2, 0.25) is 0 Å². The van der Waals surface area contributed by atoms with Gasteiger partial charge in [0.2, 0.25) is 0 Å². The molecular formula is C72H77BN4. The van der Waals surface area contributed by atoms with Gasteiger partial charge in [-0.15, -0.1) is 0 Å². The van der Waals surface area contributed by atoms with E-state index in [1.54, 1.807) is 11.1 Å².